The van der Waals surface area contributed by atoms with Gasteiger partial charge in [0.05, 0.1) is 13.5 Å². The van der Waals surface area contributed by atoms with Crippen LogP contribution in [0.3, 0.4) is 0 Å². The number of esters is 1. The minimum absolute atomic E-state index is 0.119. The van der Waals surface area contributed by atoms with Gasteiger partial charge in [-0.3, -0.25) is 14.4 Å². The Bertz CT molecular complexity index is 471. The van der Waals surface area contributed by atoms with Gasteiger partial charge in [-0.25, -0.2) is 6.57 Å². The fraction of sp³-hybridized carbons (Fsp3) is 0.765. The molecule has 0 unspecified atom stereocenters. The van der Waals surface area contributed by atoms with Crippen molar-refractivity contribution in [1.29, 1.82) is 0 Å². The maximum Gasteiger partial charge on any atom is 0.307 e. The summed E-state index contributed by atoms with van der Waals surface area (Å²) < 4.78 is 4.65. The molecule has 0 saturated heterocycles. The molecule has 0 rings (SSSR count). The van der Waals surface area contributed by atoms with Gasteiger partial charge in [-0.15, -0.1) is 0 Å². The minimum Gasteiger partial charge on any atom is -0.469 e. The summed E-state index contributed by atoms with van der Waals surface area (Å²) in [5, 5.41) is 5.54. The van der Waals surface area contributed by atoms with Gasteiger partial charge in [0.2, 0.25) is 17.9 Å². The van der Waals surface area contributed by atoms with E-state index >= 15 is 0 Å². The lowest BCUT2D eigenvalue weighted by molar-refractivity contribution is -0.141. The van der Waals surface area contributed by atoms with Gasteiger partial charge < -0.3 is 20.2 Å². The summed E-state index contributed by atoms with van der Waals surface area (Å²) in [7, 11) is 1.32. The first-order valence-electron chi connectivity index (χ1n) is 8.20. The summed E-state index contributed by atoms with van der Waals surface area (Å²) in [6.45, 7) is 14.3. The number of methoxy groups -OCH3 is 1. The van der Waals surface area contributed by atoms with Crippen molar-refractivity contribution in [2.75, 3.05) is 7.11 Å². The van der Waals surface area contributed by atoms with E-state index in [-0.39, 0.29) is 55.2 Å². The molecule has 0 fully saturated rings. The number of rotatable bonds is 10. The maximum absolute atomic E-state index is 12.1. The topological polar surface area (TPSA) is 88.9 Å². The number of amides is 2. The predicted molar refractivity (Wildman–Crippen MR) is 90.9 cm³/mol. The van der Waals surface area contributed by atoms with Crippen LogP contribution in [-0.4, -0.2) is 43.0 Å². The highest BCUT2D eigenvalue weighted by Crippen LogP contribution is 2.09. The molecule has 0 aromatic heterocycles. The Morgan fingerprint density at radius 3 is 2.08 bits per heavy atom. The Labute approximate surface area is 144 Å². The average molecular weight is 339 g/mol. The molecule has 0 aliphatic heterocycles. The van der Waals surface area contributed by atoms with Crippen molar-refractivity contribution in [3.8, 4) is 0 Å². The molecule has 0 bridgehead atoms. The van der Waals surface area contributed by atoms with Crippen LogP contribution >= 0.6 is 0 Å². The molecule has 0 radical (unpaired) electrons. The second kappa shape index (κ2) is 11.4. The standard InChI is InChI=1S/C17H29N3O4/c1-11(2)7-14(10-17(23)24-6)20-16(22)9-13(4)19-15(21)8-12(3)18-5/h11-14H,7-10H2,1-4,6H3,(H,19,21)(H,20,22)/t12-,13-,14-/m0/s1. The van der Waals surface area contributed by atoms with Crippen LogP contribution in [0.4, 0.5) is 0 Å². The molecule has 0 aliphatic carbocycles. The minimum atomic E-state index is -0.374. The smallest absolute Gasteiger partial charge is 0.307 e. The highest BCUT2D eigenvalue weighted by molar-refractivity contribution is 5.80. The zero-order valence-electron chi connectivity index (χ0n) is 15.2. The van der Waals surface area contributed by atoms with Gasteiger partial charge in [0.25, 0.3) is 0 Å². The van der Waals surface area contributed by atoms with Gasteiger partial charge in [0, 0.05) is 25.4 Å². The van der Waals surface area contributed by atoms with Gasteiger partial charge in [-0.05, 0) is 19.3 Å². The quantitative estimate of drug-likeness (QED) is 0.468. The van der Waals surface area contributed by atoms with Crippen LogP contribution in [0.5, 0.6) is 0 Å². The Hall–Kier alpha value is -2.10. The van der Waals surface area contributed by atoms with Crippen LogP contribution in [0.2, 0.25) is 0 Å². The summed E-state index contributed by atoms with van der Waals surface area (Å²) in [6.07, 6.45) is 1.04. The summed E-state index contributed by atoms with van der Waals surface area (Å²) in [4.78, 5) is 38.5. The van der Waals surface area contributed by atoms with E-state index < -0.39 is 0 Å². The highest BCUT2D eigenvalue weighted by Gasteiger charge is 2.20. The van der Waals surface area contributed by atoms with Gasteiger partial charge in [-0.2, -0.15) is 0 Å². The van der Waals surface area contributed by atoms with Crippen LogP contribution in [0, 0.1) is 12.5 Å². The summed E-state index contributed by atoms with van der Waals surface area (Å²) in [6, 6.07) is -0.996. The molecule has 2 amide bonds. The molecule has 0 saturated carbocycles. The maximum atomic E-state index is 12.1. The molecule has 7 nitrogen and oxygen atoms in total. The molecule has 0 heterocycles. The molecular formula is C17H29N3O4. The van der Waals surface area contributed by atoms with Gasteiger partial charge in [0.1, 0.15) is 6.42 Å². The number of carbonyl (C=O) groups excluding carboxylic acids is 3. The zero-order valence-corrected chi connectivity index (χ0v) is 15.2. The van der Waals surface area contributed by atoms with Crippen LogP contribution in [0.1, 0.15) is 53.4 Å². The number of nitrogens with one attached hydrogen (secondary N) is 2. The van der Waals surface area contributed by atoms with E-state index in [2.05, 4.69) is 20.2 Å². The normalized spacial score (nSPS) is 14.2. The molecule has 7 heteroatoms. The molecule has 24 heavy (non-hydrogen) atoms. The van der Waals surface area contributed by atoms with Crippen LogP contribution in [-0.2, 0) is 19.1 Å². The number of hydrogen-bond donors (Lipinski definition) is 2. The van der Waals surface area contributed by atoms with Crippen molar-refractivity contribution >= 4 is 17.8 Å². The van der Waals surface area contributed by atoms with E-state index in [1.807, 2.05) is 13.8 Å². The number of carbonyl (C=O) groups is 3. The molecule has 3 atom stereocenters. The lowest BCUT2D eigenvalue weighted by Crippen LogP contribution is -2.42. The average Bonchev–Trinajstić information content (AvgIpc) is 2.45. The fourth-order valence-corrected chi connectivity index (χ4v) is 2.31. The van der Waals surface area contributed by atoms with Crippen LogP contribution < -0.4 is 10.6 Å². The molecular weight excluding hydrogens is 310 g/mol. The van der Waals surface area contributed by atoms with Crippen molar-refractivity contribution in [3.63, 3.8) is 0 Å². The first kappa shape index (κ1) is 21.9. The monoisotopic (exact) mass is 339 g/mol. The van der Waals surface area contributed by atoms with E-state index in [1.165, 1.54) is 7.11 Å². The third-order valence-electron chi connectivity index (χ3n) is 3.36. The lowest BCUT2D eigenvalue weighted by atomic mass is 10.0. The number of ether oxygens (including phenoxy) is 1. The van der Waals surface area contributed by atoms with E-state index in [1.54, 1.807) is 13.8 Å². The Balaban J connectivity index is 4.42. The number of nitrogens with zero attached hydrogens (tertiary/aromatic N) is 1. The van der Waals surface area contributed by atoms with Gasteiger partial charge >= 0.3 is 5.97 Å². The van der Waals surface area contributed by atoms with Crippen molar-refractivity contribution in [2.45, 2.75) is 71.5 Å². The summed E-state index contributed by atoms with van der Waals surface area (Å²) >= 11 is 0. The van der Waals surface area contributed by atoms with Crippen molar-refractivity contribution in [2.24, 2.45) is 5.92 Å². The first-order valence-corrected chi connectivity index (χ1v) is 8.20. The van der Waals surface area contributed by atoms with E-state index in [0.29, 0.717) is 12.3 Å². The van der Waals surface area contributed by atoms with Gasteiger partial charge in [0.15, 0.2) is 0 Å². The molecule has 0 spiro atoms. The Morgan fingerprint density at radius 2 is 1.58 bits per heavy atom. The molecule has 0 aromatic carbocycles. The predicted octanol–water partition coefficient (Wildman–Crippen LogP) is 1.67. The second-order valence-corrected chi connectivity index (χ2v) is 6.53. The van der Waals surface area contributed by atoms with E-state index in [0.717, 1.165) is 0 Å². The summed E-state index contributed by atoms with van der Waals surface area (Å²) in [5.74, 6) is -0.509. The van der Waals surface area contributed by atoms with Crippen LogP contribution in [0.25, 0.3) is 4.85 Å². The lowest BCUT2D eigenvalue weighted by Gasteiger charge is -2.21. The zero-order chi connectivity index (χ0) is 18.7. The molecule has 0 aromatic rings. The number of hydrogen-bond acceptors (Lipinski definition) is 4. The van der Waals surface area contributed by atoms with Crippen molar-refractivity contribution in [1.82, 2.24) is 10.6 Å². The fourth-order valence-electron chi connectivity index (χ4n) is 2.31. The Kier molecular flexibility index (Phi) is 10.4. The second-order valence-electron chi connectivity index (χ2n) is 6.53. The Morgan fingerprint density at radius 1 is 1.00 bits per heavy atom. The molecule has 0 aliphatic rings. The van der Waals surface area contributed by atoms with Crippen molar-refractivity contribution < 1.29 is 19.1 Å². The largest absolute Gasteiger partial charge is 0.469 e. The van der Waals surface area contributed by atoms with Crippen LogP contribution in [0.15, 0.2) is 0 Å². The van der Waals surface area contributed by atoms with E-state index in [9.17, 15) is 14.4 Å². The molecule has 136 valence electrons. The van der Waals surface area contributed by atoms with Gasteiger partial charge in [-0.1, -0.05) is 13.8 Å². The SMILES string of the molecule is [C-]#[N+][C@@H](C)CC(=O)N[C@@H](C)CC(=O)N[C@H](CC(=O)OC)CC(C)C. The molecule has 2 N–H and O–H groups in total. The summed E-state index contributed by atoms with van der Waals surface area (Å²) in [5.41, 5.74) is 0. The highest BCUT2D eigenvalue weighted by atomic mass is 16.5. The third kappa shape index (κ3) is 10.6. The third-order valence-corrected chi connectivity index (χ3v) is 3.36. The van der Waals surface area contributed by atoms with Crippen molar-refractivity contribution in [3.05, 3.63) is 11.4 Å². The van der Waals surface area contributed by atoms with E-state index in [4.69, 9.17) is 6.57 Å². The first-order chi connectivity index (χ1) is 11.2.